The fourth-order valence-electron chi connectivity index (χ4n) is 5.01. The molecule has 0 heterocycles. The van der Waals surface area contributed by atoms with Crippen molar-refractivity contribution in [2.24, 2.45) is 0 Å². The van der Waals surface area contributed by atoms with E-state index >= 15 is 0 Å². The third-order valence-corrected chi connectivity index (χ3v) is 8.70. The molecule has 0 radical (unpaired) electrons. The molecule has 0 aromatic heterocycles. The minimum atomic E-state index is -3.95. The quantitative estimate of drug-likeness (QED) is 0.412. The molecule has 36 heavy (non-hydrogen) atoms. The zero-order chi connectivity index (χ0) is 25.9. The number of anilines is 1. The number of nitrogens with one attached hydrogen (secondary N) is 1. The predicted molar refractivity (Wildman–Crippen MR) is 146 cm³/mol. The Morgan fingerprint density at radius 1 is 0.861 bits per heavy atom. The molecule has 0 saturated carbocycles. The molecule has 0 spiro atoms. The van der Waals surface area contributed by atoms with Gasteiger partial charge < -0.3 is 5.32 Å². The summed E-state index contributed by atoms with van der Waals surface area (Å²) in [5, 5.41) is 3.11. The molecule has 1 aliphatic rings. The Hall–Kier alpha value is -3.12. The summed E-state index contributed by atoms with van der Waals surface area (Å²) in [6.45, 7) is 7.51. The van der Waals surface area contributed by atoms with Crippen LogP contribution < -0.4 is 9.62 Å². The number of aryl methyl sites for hydroxylation is 5. The predicted octanol–water partition coefficient (Wildman–Crippen LogP) is 5.95. The Labute approximate surface area is 215 Å². The summed E-state index contributed by atoms with van der Waals surface area (Å²) in [4.78, 5) is 13.5. The fourth-order valence-corrected chi connectivity index (χ4v) is 6.41. The number of benzene rings is 3. The van der Waals surface area contributed by atoms with Gasteiger partial charge in [-0.2, -0.15) is 0 Å². The highest BCUT2D eigenvalue weighted by Gasteiger charge is 2.28. The second-order valence-electron chi connectivity index (χ2n) is 9.93. The molecule has 1 amide bonds. The average Bonchev–Trinajstić information content (AvgIpc) is 2.85. The molecule has 190 valence electrons. The van der Waals surface area contributed by atoms with Crippen LogP contribution in [0.3, 0.4) is 0 Å². The van der Waals surface area contributed by atoms with Crippen molar-refractivity contribution < 1.29 is 13.2 Å². The number of hydrogen-bond donors (Lipinski definition) is 1. The van der Waals surface area contributed by atoms with Crippen molar-refractivity contribution in [3.63, 3.8) is 0 Å². The summed E-state index contributed by atoms with van der Waals surface area (Å²) in [5.74, 6) is -0.325. The third-order valence-electron chi connectivity index (χ3n) is 6.91. The summed E-state index contributed by atoms with van der Waals surface area (Å²) in [6.07, 6.45) is 5.33. The molecule has 3 aromatic carbocycles. The molecule has 0 saturated heterocycles. The lowest BCUT2D eigenvalue weighted by Crippen LogP contribution is -2.42. The van der Waals surface area contributed by atoms with Gasteiger partial charge in [0, 0.05) is 0 Å². The van der Waals surface area contributed by atoms with Gasteiger partial charge in [-0.15, -0.1) is 0 Å². The van der Waals surface area contributed by atoms with E-state index in [9.17, 15) is 13.2 Å². The van der Waals surface area contributed by atoms with E-state index in [4.69, 9.17) is 0 Å². The van der Waals surface area contributed by atoms with Gasteiger partial charge in [0.15, 0.2) is 0 Å². The summed E-state index contributed by atoms with van der Waals surface area (Å²) in [5.41, 5.74) is 7.18. The van der Waals surface area contributed by atoms with Crippen LogP contribution in [0.5, 0.6) is 0 Å². The first-order chi connectivity index (χ1) is 17.2. The van der Waals surface area contributed by atoms with Gasteiger partial charge in [-0.3, -0.25) is 9.10 Å². The molecule has 1 aliphatic carbocycles. The summed E-state index contributed by atoms with van der Waals surface area (Å²) in [6, 6.07) is 18.7. The number of amides is 1. The molecule has 6 heteroatoms. The van der Waals surface area contributed by atoms with Crippen LogP contribution in [0.25, 0.3) is 0 Å². The van der Waals surface area contributed by atoms with Crippen LogP contribution in [0.4, 0.5) is 5.69 Å². The molecule has 0 aliphatic heterocycles. The van der Waals surface area contributed by atoms with E-state index in [2.05, 4.69) is 23.5 Å². The van der Waals surface area contributed by atoms with Crippen LogP contribution in [-0.4, -0.2) is 20.9 Å². The molecular weight excluding hydrogens is 468 g/mol. The Balaban J connectivity index is 1.62. The number of fused-ring (bicyclic) bond motifs is 1. The Kier molecular flexibility index (Phi) is 7.84. The molecule has 1 atom stereocenters. The first-order valence-corrected chi connectivity index (χ1v) is 14.2. The Morgan fingerprint density at radius 2 is 1.50 bits per heavy atom. The second-order valence-corrected chi connectivity index (χ2v) is 11.8. The lowest BCUT2D eigenvalue weighted by molar-refractivity contribution is -0.120. The lowest BCUT2D eigenvalue weighted by atomic mass is 9.89. The fraction of sp³-hybridized carbons (Fsp3) is 0.367. The summed E-state index contributed by atoms with van der Waals surface area (Å²) in [7, 11) is -3.95. The standard InChI is InChI=1S/C30H36N2O3S/c1-5-29(26-13-12-24-8-6-7-9-25(24)19-26)31-30(33)20-32(27-17-22(3)16-23(4)18-27)36(34,35)28-14-10-21(2)11-15-28/h10-19,29H,5-9,20H2,1-4H3,(H,31,33)/t29-/m0/s1. The van der Waals surface area contributed by atoms with Crippen molar-refractivity contribution in [3.05, 3.63) is 94.0 Å². The molecule has 4 rings (SSSR count). The average molecular weight is 505 g/mol. The van der Waals surface area contributed by atoms with E-state index in [0.29, 0.717) is 5.69 Å². The zero-order valence-electron chi connectivity index (χ0n) is 21.7. The van der Waals surface area contributed by atoms with Crippen molar-refractivity contribution in [1.82, 2.24) is 5.32 Å². The van der Waals surface area contributed by atoms with E-state index in [0.717, 1.165) is 41.5 Å². The van der Waals surface area contributed by atoms with Crippen LogP contribution in [0.2, 0.25) is 0 Å². The second kappa shape index (κ2) is 10.9. The van der Waals surface area contributed by atoms with Crippen LogP contribution in [0.1, 0.15) is 65.6 Å². The van der Waals surface area contributed by atoms with Gasteiger partial charge in [-0.25, -0.2) is 8.42 Å². The normalized spacial score (nSPS) is 14.1. The van der Waals surface area contributed by atoms with Crippen LogP contribution in [0.15, 0.2) is 65.6 Å². The van der Waals surface area contributed by atoms with E-state index in [-0.39, 0.29) is 23.4 Å². The molecule has 0 bridgehead atoms. The van der Waals surface area contributed by atoms with Crippen molar-refractivity contribution in [3.8, 4) is 0 Å². The zero-order valence-corrected chi connectivity index (χ0v) is 22.5. The van der Waals surface area contributed by atoms with Crippen LogP contribution in [0, 0.1) is 20.8 Å². The SMILES string of the molecule is CC[C@H](NC(=O)CN(c1cc(C)cc(C)c1)S(=O)(=O)c1ccc(C)cc1)c1ccc2c(c1)CCCC2. The van der Waals surface area contributed by atoms with E-state index in [1.165, 1.54) is 28.3 Å². The number of carbonyl (C=O) groups excluding carboxylic acids is 1. The van der Waals surface area contributed by atoms with Crippen molar-refractivity contribution in [1.29, 1.82) is 0 Å². The first-order valence-electron chi connectivity index (χ1n) is 12.8. The third kappa shape index (κ3) is 5.81. The van der Waals surface area contributed by atoms with Crippen molar-refractivity contribution >= 4 is 21.6 Å². The van der Waals surface area contributed by atoms with Crippen molar-refractivity contribution in [2.45, 2.75) is 70.7 Å². The van der Waals surface area contributed by atoms with Gasteiger partial charge in [0.2, 0.25) is 5.91 Å². The number of sulfonamides is 1. The molecule has 3 aromatic rings. The largest absolute Gasteiger partial charge is 0.348 e. The molecule has 1 N–H and O–H groups in total. The first kappa shape index (κ1) is 26.0. The number of hydrogen-bond acceptors (Lipinski definition) is 3. The number of nitrogens with zero attached hydrogens (tertiary/aromatic N) is 1. The minimum absolute atomic E-state index is 0.168. The molecule has 5 nitrogen and oxygen atoms in total. The van der Waals surface area contributed by atoms with E-state index < -0.39 is 10.0 Å². The highest BCUT2D eigenvalue weighted by molar-refractivity contribution is 7.92. The highest BCUT2D eigenvalue weighted by Crippen LogP contribution is 2.28. The van der Waals surface area contributed by atoms with Gasteiger partial charge in [0.1, 0.15) is 6.54 Å². The highest BCUT2D eigenvalue weighted by atomic mass is 32.2. The maximum atomic E-state index is 13.7. The minimum Gasteiger partial charge on any atom is -0.348 e. The Bertz CT molecular complexity index is 1330. The maximum Gasteiger partial charge on any atom is 0.264 e. The van der Waals surface area contributed by atoms with E-state index in [1.54, 1.807) is 24.3 Å². The molecular formula is C30H36N2O3S. The van der Waals surface area contributed by atoms with Gasteiger partial charge in [-0.1, -0.05) is 48.9 Å². The van der Waals surface area contributed by atoms with Crippen LogP contribution >= 0.6 is 0 Å². The maximum absolute atomic E-state index is 13.7. The Morgan fingerprint density at radius 3 is 2.14 bits per heavy atom. The van der Waals surface area contributed by atoms with Gasteiger partial charge in [0.05, 0.1) is 16.6 Å². The molecule has 0 fully saturated rings. The monoisotopic (exact) mass is 504 g/mol. The van der Waals surface area contributed by atoms with Gasteiger partial charge in [-0.05, 0) is 105 Å². The molecule has 0 unspecified atom stereocenters. The lowest BCUT2D eigenvalue weighted by Gasteiger charge is -2.27. The number of carbonyl (C=O) groups is 1. The topological polar surface area (TPSA) is 66.5 Å². The smallest absolute Gasteiger partial charge is 0.264 e. The number of rotatable bonds is 8. The van der Waals surface area contributed by atoms with Crippen LogP contribution in [-0.2, 0) is 27.7 Å². The van der Waals surface area contributed by atoms with Crippen molar-refractivity contribution in [2.75, 3.05) is 10.8 Å². The van der Waals surface area contributed by atoms with Gasteiger partial charge >= 0.3 is 0 Å². The summed E-state index contributed by atoms with van der Waals surface area (Å²) < 4.78 is 28.7. The van der Waals surface area contributed by atoms with E-state index in [1.807, 2.05) is 45.9 Å². The van der Waals surface area contributed by atoms with Gasteiger partial charge in [0.25, 0.3) is 10.0 Å². The summed E-state index contributed by atoms with van der Waals surface area (Å²) >= 11 is 0.